The molecular weight excluding hydrogens is 272 g/mol. The molecule has 2 N–H and O–H groups in total. The number of hydrogen-bond acceptors (Lipinski definition) is 2. The molecule has 2 bridgehead atoms. The molecule has 4 rings (SSSR count). The highest BCUT2D eigenvalue weighted by molar-refractivity contribution is 5.85. The Morgan fingerprint density at radius 3 is 2.05 bits per heavy atom. The molecule has 0 aromatic rings. The Balaban J connectivity index is 0.00000121. The number of rotatable bonds is 1. The van der Waals surface area contributed by atoms with Crippen molar-refractivity contribution in [2.24, 2.45) is 35.3 Å². The first-order valence-corrected chi connectivity index (χ1v) is 8.28. The summed E-state index contributed by atoms with van der Waals surface area (Å²) >= 11 is 0. The summed E-state index contributed by atoms with van der Waals surface area (Å²) in [6, 6.07) is 0.161. The summed E-state index contributed by atoms with van der Waals surface area (Å²) in [6.45, 7) is 2.06. The van der Waals surface area contributed by atoms with Crippen LogP contribution in [0.5, 0.6) is 0 Å². The molecule has 6 unspecified atom stereocenters. The number of likely N-dealkylation sites (tertiary alicyclic amines) is 1. The van der Waals surface area contributed by atoms with E-state index in [-0.39, 0.29) is 24.4 Å². The Hall–Kier alpha value is -0.280. The van der Waals surface area contributed by atoms with E-state index in [1.807, 2.05) is 0 Å². The molecule has 3 aliphatic carbocycles. The van der Waals surface area contributed by atoms with Crippen LogP contribution in [-0.2, 0) is 4.79 Å². The van der Waals surface area contributed by atoms with Gasteiger partial charge in [-0.1, -0.05) is 12.8 Å². The van der Waals surface area contributed by atoms with Crippen molar-refractivity contribution in [3.05, 3.63) is 0 Å². The fourth-order valence-electron chi connectivity index (χ4n) is 5.50. The fourth-order valence-corrected chi connectivity index (χ4v) is 5.50. The lowest BCUT2D eigenvalue weighted by Crippen LogP contribution is -2.46. The van der Waals surface area contributed by atoms with Crippen LogP contribution < -0.4 is 5.73 Å². The Kier molecular flexibility index (Phi) is 4.02. The predicted octanol–water partition coefficient (Wildman–Crippen LogP) is 2.43. The summed E-state index contributed by atoms with van der Waals surface area (Å²) in [5, 5.41) is 0. The van der Waals surface area contributed by atoms with Gasteiger partial charge < -0.3 is 10.6 Å². The van der Waals surface area contributed by atoms with Gasteiger partial charge in [0.25, 0.3) is 0 Å². The summed E-state index contributed by atoms with van der Waals surface area (Å²) in [4.78, 5) is 15.0. The Bertz CT molecular complexity index is 373. The van der Waals surface area contributed by atoms with Crippen LogP contribution in [0.15, 0.2) is 0 Å². The van der Waals surface area contributed by atoms with E-state index >= 15 is 0 Å². The summed E-state index contributed by atoms with van der Waals surface area (Å²) in [5.41, 5.74) is 6.33. The Morgan fingerprint density at radius 2 is 1.50 bits per heavy atom. The second-order valence-corrected chi connectivity index (χ2v) is 7.48. The highest BCUT2D eigenvalue weighted by Gasteiger charge is 2.51. The van der Waals surface area contributed by atoms with Gasteiger partial charge in [0.2, 0.25) is 5.91 Å². The molecule has 0 spiro atoms. The fraction of sp³-hybridized carbons (Fsp3) is 0.938. The second-order valence-electron chi connectivity index (χ2n) is 7.48. The third kappa shape index (κ3) is 2.18. The van der Waals surface area contributed by atoms with Crippen LogP contribution in [0.1, 0.15) is 44.9 Å². The van der Waals surface area contributed by atoms with Crippen LogP contribution in [0.2, 0.25) is 0 Å². The Morgan fingerprint density at radius 1 is 0.900 bits per heavy atom. The summed E-state index contributed by atoms with van der Waals surface area (Å²) < 4.78 is 0. The molecule has 4 aliphatic rings. The SMILES string of the molecule is Cl.NC1C2CCC(C2)C1C(=O)N1CC2CCCCC2C1. The van der Waals surface area contributed by atoms with Gasteiger partial charge in [0, 0.05) is 19.1 Å². The molecule has 6 atom stereocenters. The number of amides is 1. The van der Waals surface area contributed by atoms with Crippen molar-refractivity contribution in [2.75, 3.05) is 13.1 Å². The minimum atomic E-state index is 0. The van der Waals surface area contributed by atoms with Crippen LogP contribution in [0, 0.1) is 29.6 Å². The maximum absolute atomic E-state index is 12.8. The van der Waals surface area contributed by atoms with Crippen LogP contribution >= 0.6 is 12.4 Å². The van der Waals surface area contributed by atoms with Gasteiger partial charge in [-0.2, -0.15) is 0 Å². The number of nitrogens with two attached hydrogens (primary N) is 1. The zero-order chi connectivity index (χ0) is 13.0. The molecule has 114 valence electrons. The normalized spacial score (nSPS) is 46.1. The molecule has 4 fully saturated rings. The number of carbonyl (C=O) groups excluding carboxylic acids is 1. The lowest BCUT2D eigenvalue weighted by molar-refractivity contribution is -0.136. The van der Waals surface area contributed by atoms with Gasteiger partial charge in [-0.3, -0.25) is 4.79 Å². The van der Waals surface area contributed by atoms with Crippen molar-refractivity contribution in [3.8, 4) is 0 Å². The number of nitrogens with zero attached hydrogens (tertiary/aromatic N) is 1. The summed E-state index contributed by atoms with van der Waals surface area (Å²) in [7, 11) is 0. The lowest BCUT2D eigenvalue weighted by Gasteiger charge is -2.30. The number of hydrogen-bond donors (Lipinski definition) is 1. The van der Waals surface area contributed by atoms with Gasteiger partial charge in [0.1, 0.15) is 0 Å². The van der Waals surface area contributed by atoms with Crippen LogP contribution in [0.4, 0.5) is 0 Å². The van der Waals surface area contributed by atoms with Gasteiger partial charge in [-0.05, 0) is 55.8 Å². The van der Waals surface area contributed by atoms with Crippen LogP contribution in [0.25, 0.3) is 0 Å². The summed E-state index contributed by atoms with van der Waals surface area (Å²) in [5.74, 6) is 3.42. The van der Waals surface area contributed by atoms with Gasteiger partial charge in [0.05, 0.1) is 5.92 Å². The van der Waals surface area contributed by atoms with Crippen molar-refractivity contribution in [3.63, 3.8) is 0 Å². The number of carbonyl (C=O) groups is 1. The summed E-state index contributed by atoms with van der Waals surface area (Å²) in [6.07, 6.45) is 9.16. The molecule has 3 nitrogen and oxygen atoms in total. The maximum Gasteiger partial charge on any atom is 0.227 e. The zero-order valence-electron chi connectivity index (χ0n) is 12.2. The van der Waals surface area contributed by atoms with Gasteiger partial charge in [-0.15, -0.1) is 12.4 Å². The van der Waals surface area contributed by atoms with E-state index in [4.69, 9.17) is 5.73 Å². The minimum Gasteiger partial charge on any atom is -0.342 e. The largest absolute Gasteiger partial charge is 0.342 e. The molecule has 3 saturated carbocycles. The van der Waals surface area contributed by atoms with E-state index in [0.717, 1.165) is 24.9 Å². The average molecular weight is 299 g/mol. The monoisotopic (exact) mass is 298 g/mol. The predicted molar refractivity (Wildman–Crippen MR) is 81.6 cm³/mol. The van der Waals surface area contributed by atoms with E-state index < -0.39 is 0 Å². The van der Waals surface area contributed by atoms with E-state index in [9.17, 15) is 4.79 Å². The molecule has 1 saturated heterocycles. The second kappa shape index (κ2) is 5.49. The molecular formula is C16H27ClN2O. The van der Waals surface area contributed by atoms with Gasteiger partial charge in [-0.25, -0.2) is 0 Å². The molecule has 4 heteroatoms. The standard InChI is InChI=1S/C16H26N2O.ClH/c17-15-11-6-5-10(7-11)14(15)16(19)18-8-12-3-1-2-4-13(12)9-18;/h10-15H,1-9,17H2;1H. The van der Waals surface area contributed by atoms with Crippen molar-refractivity contribution in [2.45, 2.75) is 51.0 Å². The zero-order valence-corrected chi connectivity index (χ0v) is 13.0. The van der Waals surface area contributed by atoms with Crippen molar-refractivity contribution >= 4 is 18.3 Å². The smallest absolute Gasteiger partial charge is 0.227 e. The van der Waals surface area contributed by atoms with E-state index in [0.29, 0.717) is 17.7 Å². The third-order valence-electron chi connectivity index (χ3n) is 6.55. The lowest BCUT2D eigenvalue weighted by atomic mass is 9.82. The van der Waals surface area contributed by atoms with E-state index in [1.54, 1.807) is 0 Å². The third-order valence-corrected chi connectivity index (χ3v) is 6.55. The van der Waals surface area contributed by atoms with Crippen molar-refractivity contribution in [1.29, 1.82) is 0 Å². The first-order valence-electron chi connectivity index (χ1n) is 8.28. The van der Waals surface area contributed by atoms with E-state index in [2.05, 4.69) is 4.90 Å². The molecule has 0 aromatic carbocycles. The maximum atomic E-state index is 12.8. The molecule has 0 aromatic heterocycles. The molecule has 0 radical (unpaired) electrons. The van der Waals surface area contributed by atoms with Gasteiger partial charge in [0.15, 0.2) is 0 Å². The first-order chi connectivity index (χ1) is 9.24. The molecule has 1 aliphatic heterocycles. The van der Waals surface area contributed by atoms with E-state index in [1.165, 1.54) is 44.9 Å². The molecule has 1 amide bonds. The average Bonchev–Trinajstić information content (AvgIpc) is 3.11. The van der Waals surface area contributed by atoms with Crippen molar-refractivity contribution in [1.82, 2.24) is 4.90 Å². The quantitative estimate of drug-likeness (QED) is 0.808. The highest BCUT2D eigenvalue weighted by atomic mass is 35.5. The van der Waals surface area contributed by atoms with Gasteiger partial charge >= 0.3 is 0 Å². The molecule has 20 heavy (non-hydrogen) atoms. The van der Waals surface area contributed by atoms with Crippen LogP contribution in [-0.4, -0.2) is 29.9 Å². The Labute approximate surface area is 128 Å². The number of fused-ring (bicyclic) bond motifs is 3. The van der Waals surface area contributed by atoms with Crippen molar-refractivity contribution < 1.29 is 4.79 Å². The number of halogens is 1. The van der Waals surface area contributed by atoms with Crippen LogP contribution in [0.3, 0.4) is 0 Å². The highest BCUT2D eigenvalue weighted by Crippen LogP contribution is 2.49. The molecule has 1 heterocycles. The topological polar surface area (TPSA) is 46.3 Å². The first kappa shape index (κ1) is 14.6. The minimum absolute atomic E-state index is 0.